The van der Waals surface area contributed by atoms with Gasteiger partial charge in [-0.3, -0.25) is 4.79 Å². The molecule has 0 saturated carbocycles. The number of amides is 2. The number of carbonyl (C=O) groups excluding carboxylic acids is 2. The Hall–Kier alpha value is -1.79. The summed E-state index contributed by atoms with van der Waals surface area (Å²) in [5, 5.41) is 8.73. The van der Waals surface area contributed by atoms with Crippen molar-refractivity contribution in [2.45, 2.75) is 45.6 Å². The molecule has 0 spiro atoms. The van der Waals surface area contributed by atoms with Gasteiger partial charge >= 0.3 is 18.0 Å². The minimum absolute atomic E-state index is 0.0997. The SMILES string of the molecule is CCOC(=O)C1CCCCN1C(=O)N(CC)CCC(=O)O. The molecule has 1 saturated heterocycles. The number of esters is 1. The lowest BCUT2D eigenvalue weighted by Crippen LogP contribution is -2.53. The van der Waals surface area contributed by atoms with Crippen LogP contribution in [0.4, 0.5) is 4.79 Å². The highest BCUT2D eigenvalue weighted by molar-refractivity contribution is 5.84. The smallest absolute Gasteiger partial charge is 0.328 e. The van der Waals surface area contributed by atoms with Gasteiger partial charge in [0.15, 0.2) is 0 Å². The lowest BCUT2D eigenvalue weighted by Gasteiger charge is -2.37. The summed E-state index contributed by atoms with van der Waals surface area (Å²) in [5.74, 6) is -1.32. The van der Waals surface area contributed by atoms with E-state index in [-0.39, 0.29) is 31.6 Å². The number of urea groups is 1. The Bertz CT molecular complexity index is 386. The van der Waals surface area contributed by atoms with Gasteiger partial charge in [-0.1, -0.05) is 0 Å². The fourth-order valence-corrected chi connectivity index (χ4v) is 2.45. The van der Waals surface area contributed by atoms with E-state index in [0.29, 0.717) is 19.5 Å². The van der Waals surface area contributed by atoms with Gasteiger partial charge in [0.2, 0.25) is 0 Å². The number of carboxylic acids is 1. The van der Waals surface area contributed by atoms with E-state index in [2.05, 4.69) is 0 Å². The third kappa shape index (κ3) is 4.91. The maximum absolute atomic E-state index is 12.5. The van der Waals surface area contributed by atoms with Crippen LogP contribution < -0.4 is 0 Å². The van der Waals surface area contributed by atoms with Gasteiger partial charge < -0.3 is 19.6 Å². The van der Waals surface area contributed by atoms with Crippen molar-refractivity contribution in [3.8, 4) is 0 Å². The zero-order valence-electron chi connectivity index (χ0n) is 12.7. The zero-order valence-corrected chi connectivity index (χ0v) is 12.7. The summed E-state index contributed by atoms with van der Waals surface area (Å²) < 4.78 is 5.03. The van der Waals surface area contributed by atoms with E-state index in [0.717, 1.165) is 12.8 Å². The Kier molecular flexibility index (Phi) is 6.98. The normalized spacial score (nSPS) is 18.2. The van der Waals surface area contributed by atoms with Gasteiger partial charge in [-0.15, -0.1) is 0 Å². The first kappa shape index (κ1) is 17.3. The summed E-state index contributed by atoms with van der Waals surface area (Å²) in [6.45, 7) is 4.88. The molecule has 0 radical (unpaired) electrons. The molecule has 1 heterocycles. The van der Waals surface area contributed by atoms with Crippen LogP contribution >= 0.6 is 0 Å². The van der Waals surface area contributed by atoms with E-state index in [1.165, 1.54) is 9.80 Å². The first-order chi connectivity index (χ1) is 10.0. The molecule has 1 rings (SSSR count). The summed E-state index contributed by atoms with van der Waals surface area (Å²) in [7, 11) is 0. The molecule has 1 fully saturated rings. The van der Waals surface area contributed by atoms with Gasteiger partial charge in [-0.2, -0.15) is 0 Å². The Balaban J connectivity index is 2.74. The quantitative estimate of drug-likeness (QED) is 0.748. The molecule has 0 aromatic rings. The van der Waals surface area contributed by atoms with Gasteiger partial charge in [0.1, 0.15) is 6.04 Å². The maximum Gasteiger partial charge on any atom is 0.328 e. The van der Waals surface area contributed by atoms with Crippen LogP contribution in [0.25, 0.3) is 0 Å². The first-order valence-electron chi connectivity index (χ1n) is 7.45. The molecule has 0 bridgehead atoms. The molecule has 1 atom stereocenters. The van der Waals surface area contributed by atoms with E-state index >= 15 is 0 Å². The first-order valence-corrected chi connectivity index (χ1v) is 7.45. The average Bonchev–Trinajstić information content (AvgIpc) is 2.47. The molecule has 21 heavy (non-hydrogen) atoms. The molecule has 1 unspecified atom stereocenters. The van der Waals surface area contributed by atoms with Gasteiger partial charge in [-0.05, 0) is 33.1 Å². The number of rotatable bonds is 6. The van der Waals surface area contributed by atoms with E-state index in [4.69, 9.17) is 9.84 Å². The number of hydrogen-bond donors (Lipinski definition) is 1. The van der Waals surface area contributed by atoms with Crippen LogP contribution in [0.15, 0.2) is 0 Å². The van der Waals surface area contributed by atoms with Gasteiger partial charge in [-0.25, -0.2) is 9.59 Å². The van der Waals surface area contributed by atoms with Gasteiger partial charge in [0, 0.05) is 19.6 Å². The predicted molar refractivity (Wildman–Crippen MR) is 75.9 cm³/mol. The van der Waals surface area contributed by atoms with Crippen molar-refractivity contribution in [3.63, 3.8) is 0 Å². The van der Waals surface area contributed by atoms with Crippen LogP contribution in [-0.2, 0) is 14.3 Å². The Morgan fingerprint density at radius 1 is 1.29 bits per heavy atom. The predicted octanol–water partition coefficient (Wildman–Crippen LogP) is 1.32. The number of nitrogens with zero attached hydrogens (tertiary/aromatic N) is 2. The third-order valence-corrected chi connectivity index (χ3v) is 3.56. The fourth-order valence-electron chi connectivity index (χ4n) is 2.45. The zero-order chi connectivity index (χ0) is 15.8. The number of piperidine rings is 1. The molecule has 1 aliphatic rings. The van der Waals surface area contributed by atoms with Crippen LogP contribution in [0.5, 0.6) is 0 Å². The molecule has 1 aliphatic heterocycles. The Morgan fingerprint density at radius 2 is 2.00 bits per heavy atom. The van der Waals surface area contributed by atoms with Crippen molar-refractivity contribution < 1.29 is 24.2 Å². The van der Waals surface area contributed by atoms with E-state index in [1.807, 2.05) is 0 Å². The number of hydrogen-bond acceptors (Lipinski definition) is 4. The second-order valence-corrected chi connectivity index (χ2v) is 4.96. The van der Waals surface area contributed by atoms with Crippen molar-refractivity contribution in [1.29, 1.82) is 0 Å². The van der Waals surface area contributed by atoms with Crippen LogP contribution in [-0.4, -0.2) is 65.2 Å². The lowest BCUT2D eigenvalue weighted by atomic mass is 10.0. The Morgan fingerprint density at radius 3 is 2.57 bits per heavy atom. The summed E-state index contributed by atoms with van der Waals surface area (Å²) in [6, 6.07) is -0.832. The highest BCUT2D eigenvalue weighted by Gasteiger charge is 2.35. The number of ether oxygens (including phenoxy) is 1. The second-order valence-electron chi connectivity index (χ2n) is 4.96. The molecule has 0 aromatic heterocycles. The number of carbonyl (C=O) groups is 3. The summed E-state index contributed by atoms with van der Waals surface area (Å²) in [6.07, 6.45) is 2.23. The van der Waals surface area contributed by atoms with Crippen LogP contribution in [0.3, 0.4) is 0 Å². The molecule has 7 heteroatoms. The molecule has 1 N–H and O–H groups in total. The minimum Gasteiger partial charge on any atom is -0.481 e. The molecule has 7 nitrogen and oxygen atoms in total. The minimum atomic E-state index is -0.943. The highest BCUT2D eigenvalue weighted by Crippen LogP contribution is 2.20. The fraction of sp³-hybridized carbons (Fsp3) is 0.786. The third-order valence-electron chi connectivity index (χ3n) is 3.56. The molecule has 0 aliphatic carbocycles. The van der Waals surface area contributed by atoms with Crippen molar-refractivity contribution in [1.82, 2.24) is 9.80 Å². The van der Waals surface area contributed by atoms with Crippen molar-refractivity contribution >= 4 is 18.0 Å². The van der Waals surface area contributed by atoms with E-state index in [9.17, 15) is 14.4 Å². The second kappa shape index (κ2) is 8.49. The topological polar surface area (TPSA) is 87.2 Å². The summed E-state index contributed by atoms with van der Waals surface area (Å²) in [5.41, 5.74) is 0. The van der Waals surface area contributed by atoms with Crippen LogP contribution in [0, 0.1) is 0 Å². The monoisotopic (exact) mass is 300 g/mol. The molecule has 120 valence electrons. The summed E-state index contributed by atoms with van der Waals surface area (Å²) >= 11 is 0. The number of likely N-dealkylation sites (tertiary alicyclic amines) is 1. The average molecular weight is 300 g/mol. The van der Waals surface area contributed by atoms with Crippen LogP contribution in [0.1, 0.15) is 39.5 Å². The standard InChI is InChI=1S/C14H24N2O5/c1-3-15(10-8-12(17)18)14(20)16-9-6-5-7-11(16)13(19)21-4-2/h11H,3-10H2,1-2H3,(H,17,18). The Labute approximate surface area is 124 Å². The van der Waals surface area contributed by atoms with Crippen LogP contribution in [0.2, 0.25) is 0 Å². The molecule has 2 amide bonds. The summed E-state index contributed by atoms with van der Waals surface area (Å²) in [4.78, 5) is 38.1. The maximum atomic E-state index is 12.5. The largest absolute Gasteiger partial charge is 0.481 e. The molecular formula is C14H24N2O5. The highest BCUT2D eigenvalue weighted by atomic mass is 16.5. The van der Waals surface area contributed by atoms with Crippen molar-refractivity contribution in [2.24, 2.45) is 0 Å². The van der Waals surface area contributed by atoms with Gasteiger partial charge in [0.25, 0.3) is 0 Å². The number of carboxylic acid groups (broad SMARTS) is 1. The van der Waals surface area contributed by atoms with Gasteiger partial charge in [0.05, 0.1) is 13.0 Å². The van der Waals surface area contributed by atoms with E-state index in [1.54, 1.807) is 13.8 Å². The number of aliphatic carboxylic acids is 1. The van der Waals surface area contributed by atoms with Crippen molar-refractivity contribution in [2.75, 3.05) is 26.2 Å². The molecular weight excluding hydrogens is 276 g/mol. The molecule has 0 aromatic carbocycles. The van der Waals surface area contributed by atoms with E-state index < -0.39 is 12.0 Å². The lowest BCUT2D eigenvalue weighted by molar-refractivity contribution is -0.149. The van der Waals surface area contributed by atoms with Crippen molar-refractivity contribution in [3.05, 3.63) is 0 Å².